The summed E-state index contributed by atoms with van der Waals surface area (Å²) in [4.78, 5) is 13.8. The Hall–Kier alpha value is -2.14. The zero-order valence-electron chi connectivity index (χ0n) is 21.1. The lowest BCUT2D eigenvalue weighted by Gasteiger charge is -2.46. The molecule has 2 fully saturated rings. The summed E-state index contributed by atoms with van der Waals surface area (Å²) in [6.07, 6.45) is 5.88. The van der Waals surface area contributed by atoms with Crippen molar-refractivity contribution in [2.24, 2.45) is 11.8 Å². The average molecular weight is 567 g/mol. The van der Waals surface area contributed by atoms with Gasteiger partial charge in [0.1, 0.15) is 27.8 Å². The lowest BCUT2D eigenvalue weighted by Crippen LogP contribution is -2.52. The second kappa shape index (κ2) is 10.9. The van der Waals surface area contributed by atoms with Crippen LogP contribution in [0.1, 0.15) is 37.8 Å². The molecule has 4 heterocycles. The van der Waals surface area contributed by atoms with E-state index < -0.39 is 9.84 Å². The van der Waals surface area contributed by atoms with Gasteiger partial charge in [0.2, 0.25) is 0 Å². The Morgan fingerprint density at radius 3 is 2.59 bits per heavy atom. The first kappa shape index (κ1) is 26.5. The van der Waals surface area contributed by atoms with E-state index in [1.54, 1.807) is 10.6 Å². The van der Waals surface area contributed by atoms with Gasteiger partial charge in [0.15, 0.2) is 0 Å². The number of halogens is 2. The highest BCUT2D eigenvalue weighted by molar-refractivity contribution is 7.90. The molecule has 9 nitrogen and oxygen atoms in total. The van der Waals surface area contributed by atoms with Gasteiger partial charge < -0.3 is 15.1 Å². The van der Waals surface area contributed by atoms with Crippen LogP contribution in [-0.2, 0) is 9.84 Å². The van der Waals surface area contributed by atoms with Crippen LogP contribution in [0.15, 0.2) is 30.6 Å². The van der Waals surface area contributed by atoms with E-state index in [9.17, 15) is 8.42 Å². The number of rotatable bonds is 9. The second-order valence-electron chi connectivity index (χ2n) is 10.3. The van der Waals surface area contributed by atoms with Crippen LogP contribution >= 0.6 is 23.2 Å². The molecule has 2 aliphatic heterocycles. The Morgan fingerprint density at radius 2 is 1.89 bits per heavy atom. The van der Waals surface area contributed by atoms with Crippen molar-refractivity contribution >= 4 is 50.5 Å². The molecule has 2 aromatic heterocycles. The molecule has 12 heteroatoms. The minimum atomic E-state index is -2.88. The van der Waals surface area contributed by atoms with Gasteiger partial charge in [0, 0.05) is 35.5 Å². The van der Waals surface area contributed by atoms with Crippen molar-refractivity contribution in [3.8, 4) is 0 Å². The number of fused-ring (bicyclic) bond motifs is 1. The second-order valence-corrected chi connectivity index (χ2v) is 13.4. The third-order valence-corrected chi connectivity index (χ3v) is 9.15. The van der Waals surface area contributed by atoms with Gasteiger partial charge in [0.05, 0.1) is 11.8 Å². The van der Waals surface area contributed by atoms with Crippen molar-refractivity contribution in [3.05, 3.63) is 46.2 Å². The molecule has 1 atom stereocenters. The van der Waals surface area contributed by atoms with Crippen molar-refractivity contribution in [1.29, 1.82) is 0 Å². The van der Waals surface area contributed by atoms with Crippen molar-refractivity contribution in [3.63, 3.8) is 0 Å². The fourth-order valence-electron chi connectivity index (χ4n) is 5.41. The summed E-state index contributed by atoms with van der Waals surface area (Å²) in [5.41, 5.74) is 0.948. The molecule has 2 aliphatic rings. The fraction of sp³-hybridized carbons (Fsp3) is 0.560. The molecule has 0 saturated carbocycles. The molecule has 200 valence electrons. The molecule has 0 unspecified atom stereocenters. The molecule has 1 N–H and O–H groups in total. The van der Waals surface area contributed by atoms with E-state index in [2.05, 4.69) is 25.2 Å². The number of aromatic nitrogens is 4. The zero-order chi connectivity index (χ0) is 26.2. The van der Waals surface area contributed by atoms with Crippen molar-refractivity contribution in [2.45, 2.75) is 32.2 Å². The van der Waals surface area contributed by atoms with E-state index in [0.717, 1.165) is 56.3 Å². The Labute approximate surface area is 228 Å². The molecule has 0 bridgehead atoms. The lowest BCUT2D eigenvalue weighted by atomic mass is 9.79. The van der Waals surface area contributed by atoms with E-state index in [-0.39, 0.29) is 11.8 Å². The van der Waals surface area contributed by atoms with E-state index in [0.29, 0.717) is 27.7 Å². The third-order valence-electron chi connectivity index (χ3n) is 7.55. The first-order valence-electron chi connectivity index (χ1n) is 12.7. The third kappa shape index (κ3) is 6.30. The van der Waals surface area contributed by atoms with Gasteiger partial charge >= 0.3 is 0 Å². The maximum absolute atomic E-state index is 11.4. The predicted molar refractivity (Wildman–Crippen MR) is 148 cm³/mol. The van der Waals surface area contributed by atoms with Crippen molar-refractivity contribution < 1.29 is 8.42 Å². The summed E-state index contributed by atoms with van der Waals surface area (Å²) >= 11 is 12.5. The molecule has 37 heavy (non-hydrogen) atoms. The van der Waals surface area contributed by atoms with Crippen LogP contribution in [0.4, 0.5) is 11.6 Å². The number of sulfone groups is 1. The van der Waals surface area contributed by atoms with Gasteiger partial charge in [-0.1, -0.05) is 29.3 Å². The fourth-order valence-corrected chi connectivity index (χ4v) is 6.64. The molecule has 5 rings (SSSR count). The van der Waals surface area contributed by atoms with Gasteiger partial charge in [-0.3, -0.25) is 0 Å². The summed E-state index contributed by atoms with van der Waals surface area (Å²) in [7, 11) is -2.88. The topological polar surface area (TPSA) is 95.7 Å². The maximum atomic E-state index is 11.4. The summed E-state index contributed by atoms with van der Waals surface area (Å²) in [5, 5.41) is 9.09. The molecular weight excluding hydrogens is 533 g/mol. The van der Waals surface area contributed by atoms with Gasteiger partial charge in [-0.15, -0.1) is 0 Å². The molecule has 0 radical (unpaired) electrons. The average Bonchev–Trinajstić information content (AvgIpc) is 3.27. The smallest absolute Gasteiger partial charge is 0.256 e. The zero-order valence-corrected chi connectivity index (χ0v) is 23.5. The Morgan fingerprint density at radius 1 is 1.14 bits per heavy atom. The van der Waals surface area contributed by atoms with Gasteiger partial charge in [0.25, 0.3) is 5.78 Å². The minimum Gasteiger partial charge on any atom is -0.363 e. The summed E-state index contributed by atoms with van der Waals surface area (Å²) in [5.74, 6) is 3.88. The first-order valence-corrected chi connectivity index (χ1v) is 15.6. The molecule has 2 saturated heterocycles. The van der Waals surface area contributed by atoms with Crippen LogP contribution in [0.5, 0.6) is 0 Å². The summed E-state index contributed by atoms with van der Waals surface area (Å²) in [6, 6.07) is 7.48. The minimum absolute atomic E-state index is 0.0702. The Kier molecular flexibility index (Phi) is 7.81. The predicted octanol–water partition coefficient (Wildman–Crippen LogP) is 4.19. The van der Waals surface area contributed by atoms with Crippen LogP contribution in [0.25, 0.3) is 5.78 Å². The maximum Gasteiger partial charge on any atom is 0.256 e. The normalized spacial score (nSPS) is 18.8. The number of benzene rings is 1. The standard InChI is InChI=1S/C25H33Cl2N7O2S/c1-17(21-5-4-20(26)12-22(21)27)30-24-13-23(31-25-28-16-29-34(24)25)33-14-19(15-33)18-6-9-32(10-7-18)8-3-11-37(2,35)36/h4-5,12-13,16-19,30H,3,6-11,14-15H2,1-2H3/t17-/m1/s1. The number of likely N-dealkylation sites (tertiary alicyclic amines) is 1. The molecule has 0 aliphatic carbocycles. The number of hydrogen-bond donors (Lipinski definition) is 1. The van der Waals surface area contributed by atoms with Crippen LogP contribution in [0, 0.1) is 11.8 Å². The van der Waals surface area contributed by atoms with Gasteiger partial charge in [-0.2, -0.15) is 19.6 Å². The molecular formula is C25H33Cl2N7O2S. The molecule has 1 aromatic carbocycles. The van der Waals surface area contributed by atoms with E-state index in [4.69, 9.17) is 28.2 Å². The lowest BCUT2D eigenvalue weighted by molar-refractivity contribution is 0.132. The van der Waals surface area contributed by atoms with Crippen molar-refractivity contribution in [1.82, 2.24) is 24.5 Å². The molecule has 0 amide bonds. The summed E-state index contributed by atoms with van der Waals surface area (Å²) < 4.78 is 24.5. The number of nitrogens with one attached hydrogen (secondary N) is 1. The van der Waals surface area contributed by atoms with Crippen LogP contribution in [-0.4, -0.2) is 77.6 Å². The first-order chi connectivity index (χ1) is 17.7. The SMILES string of the molecule is C[C@@H](Nc1cc(N2CC(C3CCN(CCCS(C)(=O)=O)CC3)C2)nc2ncnn12)c1ccc(Cl)cc1Cl. The summed E-state index contributed by atoms with van der Waals surface area (Å²) in [6.45, 7) is 6.98. The van der Waals surface area contributed by atoms with Gasteiger partial charge in [-0.25, -0.2) is 8.42 Å². The van der Waals surface area contributed by atoms with Crippen LogP contribution < -0.4 is 10.2 Å². The number of hydrogen-bond acceptors (Lipinski definition) is 8. The van der Waals surface area contributed by atoms with Crippen molar-refractivity contribution in [2.75, 3.05) is 54.9 Å². The highest BCUT2D eigenvalue weighted by Gasteiger charge is 2.36. The quantitative estimate of drug-likeness (QED) is 0.412. The highest BCUT2D eigenvalue weighted by Crippen LogP contribution is 2.35. The van der Waals surface area contributed by atoms with E-state index in [1.165, 1.54) is 25.4 Å². The van der Waals surface area contributed by atoms with E-state index >= 15 is 0 Å². The Bertz CT molecular complexity index is 1350. The van der Waals surface area contributed by atoms with E-state index in [1.807, 2.05) is 25.1 Å². The number of anilines is 2. The highest BCUT2D eigenvalue weighted by atomic mass is 35.5. The van der Waals surface area contributed by atoms with Crippen LogP contribution in [0.2, 0.25) is 10.0 Å². The molecule has 3 aromatic rings. The van der Waals surface area contributed by atoms with Crippen LogP contribution in [0.3, 0.4) is 0 Å². The Balaban J connectivity index is 1.19. The number of piperidine rings is 1. The largest absolute Gasteiger partial charge is 0.363 e. The van der Waals surface area contributed by atoms with Gasteiger partial charge in [-0.05, 0) is 75.4 Å². The monoisotopic (exact) mass is 565 g/mol. The number of nitrogens with zero attached hydrogens (tertiary/aromatic N) is 6. The molecule has 0 spiro atoms.